The largest absolute Gasteiger partial charge is 0.387 e. The van der Waals surface area contributed by atoms with Gasteiger partial charge in [-0.15, -0.1) is 0 Å². The van der Waals surface area contributed by atoms with E-state index in [0.717, 1.165) is 11.1 Å². The highest BCUT2D eigenvalue weighted by molar-refractivity contribution is 5.75. The quantitative estimate of drug-likeness (QED) is 0.817. The van der Waals surface area contributed by atoms with E-state index in [2.05, 4.69) is 15.4 Å². The molecule has 0 radical (unpaired) electrons. The van der Waals surface area contributed by atoms with Crippen LogP contribution in [0, 0.1) is 6.92 Å². The zero-order valence-corrected chi connectivity index (χ0v) is 11.4. The van der Waals surface area contributed by atoms with Crippen molar-refractivity contribution >= 4 is 5.91 Å². The van der Waals surface area contributed by atoms with Crippen LogP contribution in [0.4, 0.5) is 0 Å². The van der Waals surface area contributed by atoms with Crippen LogP contribution in [0.5, 0.6) is 0 Å². The van der Waals surface area contributed by atoms with Gasteiger partial charge < -0.3 is 10.4 Å². The maximum Gasteiger partial charge on any atom is 0.221 e. The van der Waals surface area contributed by atoms with Crippen molar-refractivity contribution in [1.82, 2.24) is 20.1 Å². The summed E-state index contributed by atoms with van der Waals surface area (Å²) in [6, 6.07) is 7.59. The Morgan fingerprint density at radius 3 is 2.95 bits per heavy atom. The van der Waals surface area contributed by atoms with E-state index in [-0.39, 0.29) is 12.5 Å². The number of aliphatic hydroxyl groups is 1. The number of carbonyl (C=O) groups excluding carboxylic acids is 1. The first-order valence-corrected chi connectivity index (χ1v) is 6.49. The Bertz CT molecular complexity index is 554. The SMILES string of the molecule is Cc1ccccc1C(O)CNC(=O)CCn1cncn1. The zero-order chi connectivity index (χ0) is 14.4. The molecule has 6 heteroatoms. The average molecular weight is 274 g/mol. The Morgan fingerprint density at radius 1 is 1.45 bits per heavy atom. The van der Waals surface area contributed by atoms with Gasteiger partial charge in [0.2, 0.25) is 5.91 Å². The van der Waals surface area contributed by atoms with Crippen LogP contribution >= 0.6 is 0 Å². The van der Waals surface area contributed by atoms with Crippen molar-refractivity contribution in [3.63, 3.8) is 0 Å². The molecule has 0 spiro atoms. The molecule has 2 N–H and O–H groups in total. The first-order chi connectivity index (χ1) is 9.66. The van der Waals surface area contributed by atoms with Gasteiger partial charge in [0.25, 0.3) is 0 Å². The Hall–Kier alpha value is -2.21. The van der Waals surface area contributed by atoms with Crippen molar-refractivity contribution in [1.29, 1.82) is 0 Å². The lowest BCUT2D eigenvalue weighted by molar-refractivity contribution is -0.121. The Morgan fingerprint density at radius 2 is 2.25 bits per heavy atom. The molecule has 0 saturated carbocycles. The van der Waals surface area contributed by atoms with Crippen molar-refractivity contribution in [3.05, 3.63) is 48.0 Å². The molecule has 0 saturated heterocycles. The Kier molecular flexibility index (Phi) is 4.84. The van der Waals surface area contributed by atoms with Crippen molar-refractivity contribution < 1.29 is 9.90 Å². The molecule has 106 valence electrons. The summed E-state index contributed by atoms with van der Waals surface area (Å²) in [5.41, 5.74) is 1.85. The van der Waals surface area contributed by atoms with Crippen LogP contribution in [-0.2, 0) is 11.3 Å². The van der Waals surface area contributed by atoms with E-state index in [9.17, 15) is 9.90 Å². The fraction of sp³-hybridized carbons (Fsp3) is 0.357. The zero-order valence-electron chi connectivity index (χ0n) is 11.4. The van der Waals surface area contributed by atoms with Gasteiger partial charge in [-0.05, 0) is 18.1 Å². The summed E-state index contributed by atoms with van der Waals surface area (Å²) in [5.74, 6) is -0.117. The molecule has 6 nitrogen and oxygen atoms in total. The number of amides is 1. The molecule has 1 aromatic carbocycles. The van der Waals surface area contributed by atoms with Crippen LogP contribution in [0.15, 0.2) is 36.9 Å². The third kappa shape index (κ3) is 3.89. The van der Waals surface area contributed by atoms with Crippen molar-refractivity contribution in [2.24, 2.45) is 0 Å². The van der Waals surface area contributed by atoms with Crippen LogP contribution in [0.1, 0.15) is 23.7 Å². The molecule has 0 fully saturated rings. The first kappa shape index (κ1) is 14.2. The maximum atomic E-state index is 11.7. The molecule has 2 rings (SSSR count). The van der Waals surface area contributed by atoms with Gasteiger partial charge in [-0.2, -0.15) is 5.10 Å². The average Bonchev–Trinajstić information content (AvgIpc) is 2.96. The van der Waals surface area contributed by atoms with Crippen molar-refractivity contribution in [2.45, 2.75) is 26.0 Å². The molecule has 2 aromatic rings. The number of nitrogens with zero attached hydrogens (tertiary/aromatic N) is 3. The summed E-state index contributed by atoms with van der Waals surface area (Å²) in [4.78, 5) is 15.5. The molecule has 20 heavy (non-hydrogen) atoms. The minimum atomic E-state index is -0.688. The topological polar surface area (TPSA) is 80.0 Å². The summed E-state index contributed by atoms with van der Waals surface area (Å²) in [5, 5.41) is 16.7. The molecular formula is C14H18N4O2. The van der Waals surface area contributed by atoms with Crippen molar-refractivity contribution in [3.8, 4) is 0 Å². The fourth-order valence-corrected chi connectivity index (χ4v) is 1.93. The molecule has 1 atom stereocenters. The monoisotopic (exact) mass is 274 g/mol. The number of carbonyl (C=O) groups is 1. The lowest BCUT2D eigenvalue weighted by atomic mass is 10.0. The van der Waals surface area contributed by atoms with Crippen LogP contribution in [0.3, 0.4) is 0 Å². The Labute approximate surface area is 117 Å². The maximum absolute atomic E-state index is 11.7. The van der Waals surface area contributed by atoms with E-state index < -0.39 is 6.10 Å². The fourth-order valence-electron chi connectivity index (χ4n) is 1.93. The van der Waals surface area contributed by atoms with E-state index in [1.54, 1.807) is 11.0 Å². The lowest BCUT2D eigenvalue weighted by Gasteiger charge is -2.14. The van der Waals surface area contributed by atoms with Gasteiger partial charge in [0.05, 0.1) is 12.6 Å². The van der Waals surface area contributed by atoms with Gasteiger partial charge in [0.1, 0.15) is 12.7 Å². The van der Waals surface area contributed by atoms with Crippen LogP contribution in [0.2, 0.25) is 0 Å². The normalized spacial score (nSPS) is 12.1. The Balaban J connectivity index is 1.77. The number of nitrogens with one attached hydrogen (secondary N) is 1. The lowest BCUT2D eigenvalue weighted by Crippen LogP contribution is -2.29. The summed E-state index contributed by atoms with van der Waals surface area (Å²) in [6.45, 7) is 2.62. The number of aliphatic hydroxyl groups excluding tert-OH is 1. The van der Waals surface area contributed by atoms with Gasteiger partial charge in [0, 0.05) is 13.0 Å². The number of aromatic nitrogens is 3. The van der Waals surface area contributed by atoms with Crippen LogP contribution < -0.4 is 5.32 Å². The van der Waals surface area contributed by atoms with Gasteiger partial charge >= 0.3 is 0 Å². The highest BCUT2D eigenvalue weighted by Gasteiger charge is 2.11. The third-order valence-electron chi connectivity index (χ3n) is 3.07. The van der Waals surface area contributed by atoms with Crippen LogP contribution in [-0.4, -0.2) is 32.3 Å². The minimum Gasteiger partial charge on any atom is -0.387 e. The first-order valence-electron chi connectivity index (χ1n) is 6.49. The third-order valence-corrected chi connectivity index (χ3v) is 3.07. The molecule has 0 bridgehead atoms. The summed E-state index contributed by atoms with van der Waals surface area (Å²) in [7, 11) is 0. The second-order valence-corrected chi connectivity index (χ2v) is 4.59. The summed E-state index contributed by atoms with van der Waals surface area (Å²) >= 11 is 0. The van der Waals surface area contributed by atoms with E-state index in [4.69, 9.17) is 0 Å². The minimum absolute atomic E-state index is 0.117. The van der Waals surface area contributed by atoms with Gasteiger partial charge in [-0.1, -0.05) is 24.3 Å². The molecule has 1 heterocycles. The van der Waals surface area contributed by atoms with E-state index >= 15 is 0 Å². The molecular weight excluding hydrogens is 256 g/mol. The van der Waals surface area contributed by atoms with Crippen LogP contribution in [0.25, 0.3) is 0 Å². The second-order valence-electron chi connectivity index (χ2n) is 4.59. The predicted octanol–water partition coefficient (Wildman–Crippen LogP) is 0.826. The summed E-state index contributed by atoms with van der Waals surface area (Å²) < 4.78 is 1.59. The number of hydrogen-bond donors (Lipinski definition) is 2. The van der Waals surface area contributed by atoms with E-state index in [0.29, 0.717) is 13.0 Å². The van der Waals surface area contributed by atoms with Gasteiger partial charge in [0.15, 0.2) is 0 Å². The molecule has 0 aliphatic rings. The predicted molar refractivity (Wildman–Crippen MR) is 73.8 cm³/mol. The highest BCUT2D eigenvalue weighted by Crippen LogP contribution is 2.16. The summed E-state index contributed by atoms with van der Waals surface area (Å²) in [6.07, 6.45) is 2.62. The number of hydrogen-bond acceptors (Lipinski definition) is 4. The number of aryl methyl sites for hydroxylation is 2. The molecule has 1 unspecified atom stereocenters. The second kappa shape index (κ2) is 6.81. The molecule has 1 aromatic heterocycles. The van der Waals surface area contributed by atoms with Crippen molar-refractivity contribution in [2.75, 3.05) is 6.54 Å². The smallest absolute Gasteiger partial charge is 0.221 e. The molecule has 0 aliphatic carbocycles. The molecule has 0 aliphatic heterocycles. The number of benzene rings is 1. The van der Waals surface area contributed by atoms with Gasteiger partial charge in [-0.25, -0.2) is 4.98 Å². The van der Waals surface area contributed by atoms with E-state index in [1.165, 1.54) is 6.33 Å². The van der Waals surface area contributed by atoms with Gasteiger partial charge in [-0.3, -0.25) is 9.48 Å². The van der Waals surface area contributed by atoms with E-state index in [1.807, 2.05) is 31.2 Å². The standard InChI is InChI=1S/C14H18N4O2/c1-11-4-2-3-5-12(11)13(19)8-16-14(20)6-7-18-10-15-9-17-18/h2-5,9-10,13,19H,6-8H2,1H3,(H,16,20). The highest BCUT2D eigenvalue weighted by atomic mass is 16.3. The number of rotatable bonds is 6. The molecule has 1 amide bonds.